The van der Waals surface area contributed by atoms with E-state index in [0.29, 0.717) is 46.8 Å². The van der Waals surface area contributed by atoms with Gasteiger partial charge in [-0.25, -0.2) is 4.98 Å². The van der Waals surface area contributed by atoms with E-state index < -0.39 is 10.8 Å². The van der Waals surface area contributed by atoms with Crippen LogP contribution in [0.2, 0.25) is 0 Å². The average Bonchev–Trinajstić information content (AvgIpc) is 3.48. The van der Waals surface area contributed by atoms with Crippen molar-refractivity contribution in [2.75, 3.05) is 18.5 Å². The first-order valence-electron chi connectivity index (χ1n) is 10.7. The molecule has 2 aromatic heterocycles. The Labute approximate surface area is 209 Å². The maximum absolute atomic E-state index is 12.7. The lowest BCUT2D eigenvalue weighted by molar-refractivity contribution is -0.380. The zero-order valence-electron chi connectivity index (χ0n) is 18.8. The molecule has 0 aliphatic carbocycles. The van der Waals surface area contributed by atoms with Crippen LogP contribution in [0.25, 0.3) is 11.3 Å². The number of nitro groups is 1. The Morgan fingerprint density at radius 2 is 1.66 bits per heavy atom. The second-order valence-corrected chi connectivity index (χ2v) is 9.00. The van der Waals surface area contributed by atoms with Crippen LogP contribution in [-0.2, 0) is 0 Å². The summed E-state index contributed by atoms with van der Waals surface area (Å²) in [5.74, 6) is 1.34. The molecule has 0 aliphatic rings. The largest absolute Gasteiger partial charge is 0.494 e. The lowest BCUT2D eigenvalue weighted by Gasteiger charge is -2.11. The van der Waals surface area contributed by atoms with Gasteiger partial charge in [0.2, 0.25) is 5.06 Å². The van der Waals surface area contributed by atoms with Gasteiger partial charge in [0.15, 0.2) is 5.13 Å². The SMILES string of the molecule is CCOc1cc(OCC)cc(-c2nc(NC(=O)c3ccc([N+](=O)[O-])s3)sc2Oc2ccccc2)c1. The van der Waals surface area contributed by atoms with Crippen LogP contribution in [0.1, 0.15) is 23.5 Å². The lowest BCUT2D eigenvalue weighted by Crippen LogP contribution is -2.09. The second kappa shape index (κ2) is 11.0. The number of hydrogen-bond donors (Lipinski definition) is 1. The number of ether oxygens (including phenoxy) is 3. The van der Waals surface area contributed by atoms with Crippen molar-refractivity contribution in [1.29, 1.82) is 0 Å². The third kappa shape index (κ3) is 5.94. The fraction of sp³-hybridized carbons (Fsp3) is 0.167. The third-order valence-electron chi connectivity index (χ3n) is 4.54. The molecule has 0 bridgehead atoms. The Hall–Kier alpha value is -3.96. The molecule has 4 aromatic rings. The first-order chi connectivity index (χ1) is 17.0. The normalized spacial score (nSPS) is 10.6. The van der Waals surface area contributed by atoms with Gasteiger partial charge in [0.1, 0.15) is 22.9 Å². The highest BCUT2D eigenvalue weighted by atomic mass is 32.1. The molecule has 0 fully saturated rings. The van der Waals surface area contributed by atoms with Crippen LogP contribution in [-0.4, -0.2) is 29.0 Å². The average molecular weight is 512 g/mol. The number of anilines is 1. The van der Waals surface area contributed by atoms with Crippen molar-refractivity contribution >= 4 is 38.7 Å². The van der Waals surface area contributed by atoms with Gasteiger partial charge in [-0.3, -0.25) is 20.2 Å². The smallest absolute Gasteiger partial charge is 0.324 e. The van der Waals surface area contributed by atoms with Crippen molar-refractivity contribution in [2.45, 2.75) is 13.8 Å². The number of amides is 1. The number of rotatable bonds is 10. The predicted octanol–water partition coefficient (Wildman–Crippen LogP) is 6.62. The van der Waals surface area contributed by atoms with Crippen LogP contribution < -0.4 is 19.5 Å². The van der Waals surface area contributed by atoms with Gasteiger partial charge in [-0.1, -0.05) is 40.9 Å². The summed E-state index contributed by atoms with van der Waals surface area (Å²) in [4.78, 5) is 27.9. The fourth-order valence-corrected chi connectivity index (χ4v) is 4.69. The molecule has 0 saturated heterocycles. The maximum atomic E-state index is 12.7. The number of hydrogen-bond acceptors (Lipinski definition) is 9. The summed E-state index contributed by atoms with van der Waals surface area (Å²) in [6.45, 7) is 4.74. The van der Waals surface area contributed by atoms with Gasteiger partial charge in [0.25, 0.3) is 5.91 Å². The van der Waals surface area contributed by atoms with E-state index in [-0.39, 0.29) is 15.0 Å². The first kappa shape index (κ1) is 24.2. The molecule has 0 radical (unpaired) electrons. The van der Waals surface area contributed by atoms with Gasteiger partial charge in [0.05, 0.1) is 23.0 Å². The Morgan fingerprint density at radius 3 is 2.26 bits per heavy atom. The highest BCUT2D eigenvalue weighted by molar-refractivity contribution is 7.19. The summed E-state index contributed by atoms with van der Waals surface area (Å²) in [5.41, 5.74) is 1.18. The van der Waals surface area contributed by atoms with Crippen molar-refractivity contribution in [3.05, 3.63) is 75.7 Å². The molecule has 2 aromatic carbocycles. The van der Waals surface area contributed by atoms with E-state index in [1.807, 2.05) is 56.3 Å². The van der Waals surface area contributed by atoms with E-state index >= 15 is 0 Å². The number of para-hydroxylation sites is 1. The highest BCUT2D eigenvalue weighted by Gasteiger charge is 2.21. The van der Waals surface area contributed by atoms with Crippen molar-refractivity contribution in [3.8, 4) is 33.6 Å². The van der Waals surface area contributed by atoms with Gasteiger partial charge >= 0.3 is 5.00 Å². The Kier molecular flexibility index (Phi) is 7.58. The maximum Gasteiger partial charge on any atom is 0.324 e. The minimum Gasteiger partial charge on any atom is -0.494 e. The summed E-state index contributed by atoms with van der Waals surface area (Å²) in [5, 5.41) is 14.3. The van der Waals surface area contributed by atoms with Crippen molar-refractivity contribution < 1.29 is 23.9 Å². The van der Waals surface area contributed by atoms with E-state index in [0.717, 1.165) is 22.7 Å². The number of thiophene rings is 1. The molecular formula is C24H21N3O6S2. The zero-order chi connectivity index (χ0) is 24.8. The Morgan fingerprint density at radius 1 is 0.971 bits per heavy atom. The van der Waals surface area contributed by atoms with Gasteiger partial charge in [-0.15, -0.1) is 0 Å². The molecule has 0 saturated carbocycles. The van der Waals surface area contributed by atoms with Gasteiger partial charge in [-0.2, -0.15) is 0 Å². The summed E-state index contributed by atoms with van der Waals surface area (Å²) in [6, 6.07) is 17.4. The van der Waals surface area contributed by atoms with Crippen LogP contribution in [0.15, 0.2) is 60.7 Å². The van der Waals surface area contributed by atoms with Gasteiger partial charge in [-0.05, 0) is 44.2 Å². The van der Waals surface area contributed by atoms with Crippen LogP contribution in [0.3, 0.4) is 0 Å². The number of thiazole rings is 1. The Bertz CT molecular complexity index is 1310. The molecule has 0 unspecified atom stereocenters. The zero-order valence-corrected chi connectivity index (χ0v) is 20.5. The molecule has 0 atom stereocenters. The minimum atomic E-state index is -0.532. The molecule has 1 amide bonds. The first-order valence-corrected chi connectivity index (χ1v) is 12.3. The van der Waals surface area contributed by atoms with E-state index in [9.17, 15) is 14.9 Å². The predicted molar refractivity (Wildman–Crippen MR) is 135 cm³/mol. The van der Waals surface area contributed by atoms with E-state index in [1.54, 1.807) is 6.07 Å². The lowest BCUT2D eigenvalue weighted by atomic mass is 10.1. The van der Waals surface area contributed by atoms with Gasteiger partial charge in [0, 0.05) is 17.7 Å². The molecule has 35 heavy (non-hydrogen) atoms. The number of benzene rings is 2. The standard InChI is InChI=1S/C24H21N3O6S2/c1-3-31-17-12-15(13-18(14-17)32-4-2)21-23(33-16-8-6-5-7-9-16)35-24(25-21)26-22(28)19-10-11-20(34-19)27(29)30/h5-14H,3-4H2,1-2H3,(H,25,26,28). The number of carbonyl (C=O) groups is 1. The van der Waals surface area contributed by atoms with E-state index in [1.165, 1.54) is 12.1 Å². The highest BCUT2D eigenvalue weighted by Crippen LogP contribution is 2.43. The summed E-state index contributed by atoms with van der Waals surface area (Å²) >= 11 is 1.94. The van der Waals surface area contributed by atoms with Crippen molar-refractivity contribution in [2.24, 2.45) is 0 Å². The monoisotopic (exact) mass is 511 g/mol. The molecule has 180 valence electrons. The van der Waals surface area contributed by atoms with Crippen LogP contribution in [0, 0.1) is 10.1 Å². The van der Waals surface area contributed by atoms with Crippen LogP contribution in [0.5, 0.6) is 22.3 Å². The quantitative estimate of drug-likeness (QED) is 0.188. The minimum absolute atomic E-state index is 0.112. The number of aromatic nitrogens is 1. The Balaban J connectivity index is 1.71. The number of nitrogens with one attached hydrogen (secondary N) is 1. The fourth-order valence-electron chi connectivity index (χ4n) is 3.12. The molecule has 4 rings (SSSR count). The van der Waals surface area contributed by atoms with Crippen molar-refractivity contribution in [1.82, 2.24) is 4.98 Å². The number of nitrogens with zero attached hydrogens (tertiary/aromatic N) is 2. The van der Waals surface area contributed by atoms with Crippen LogP contribution >= 0.6 is 22.7 Å². The van der Waals surface area contributed by atoms with Gasteiger partial charge < -0.3 is 14.2 Å². The molecular weight excluding hydrogens is 490 g/mol. The summed E-state index contributed by atoms with van der Waals surface area (Å²) in [6.07, 6.45) is 0. The molecule has 0 aliphatic heterocycles. The second-order valence-electron chi connectivity index (χ2n) is 6.98. The molecule has 2 heterocycles. The number of carbonyl (C=O) groups excluding carboxylic acids is 1. The van der Waals surface area contributed by atoms with Crippen molar-refractivity contribution in [3.63, 3.8) is 0 Å². The molecule has 0 spiro atoms. The van der Waals surface area contributed by atoms with E-state index in [4.69, 9.17) is 14.2 Å². The topological polar surface area (TPSA) is 113 Å². The summed E-state index contributed by atoms with van der Waals surface area (Å²) in [7, 11) is 0. The third-order valence-corrected chi connectivity index (χ3v) is 6.43. The van der Waals surface area contributed by atoms with Crippen LogP contribution in [0.4, 0.5) is 10.1 Å². The van der Waals surface area contributed by atoms with E-state index in [2.05, 4.69) is 10.3 Å². The molecule has 11 heteroatoms. The molecule has 1 N–H and O–H groups in total. The summed E-state index contributed by atoms with van der Waals surface area (Å²) < 4.78 is 17.5. The molecule has 9 nitrogen and oxygen atoms in total.